The molecule has 0 aliphatic rings. The predicted molar refractivity (Wildman–Crippen MR) is 51.9 cm³/mol. The van der Waals surface area contributed by atoms with E-state index in [1.54, 1.807) is 5.54 Å². The van der Waals surface area contributed by atoms with Crippen LogP contribution in [0.15, 0.2) is 11.6 Å². The molecular weight excluding hydrogens is 158 g/mol. The van der Waals surface area contributed by atoms with Crippen LogP contribution in [-0.4, -0.2) is 24.5 Å². The summed E-state index contributed by atoms with van der Waals surface area (Å²) in [5, 5.41) is 0. The van der Waals surface area contributed by atoms with Crippen LogP contribution in [0.2, 0.25) is 0 Å². The van der Waals surface area contributed by atoms with Gasteiger partial charge in [-0.3, -0.25) is 4.90 Å². The molecule has 0 amide bonds. The van der Waals surface area contributed by atoms with Crippen LogP contribution in [0.3, 0.4) is 0 Å². The normalized spacial score (nSPS) is 15.2. The van der Waals surface area contributed by atoms with Crippen molar-refractivity contribution >= 4 is 11.6 Å². The van der Waals surface area contributed by atoms with Gasteiger partial charge >= 0.3 is 0 Å². The monoisotopic (exact) mass is 175 g/mol. The summed E-state index contributed by atoms with van der Waals surface area (Å²) in [5.74, 6) is 0.698. The molecule has 2 heteroatoms. The van der Waals surface area contributed by atoms with Gasteiger partial charge in [-0.25, -0.2) is 0 Å². The molecule has 0 radical (unpaired) electrons. The van der Waals surface area contributed by atoms with Gasteiger partial charge in [0.05, 0.1) is 0 Å². The zero-order valence-corrected chi connectivity index (χ0v) is 8.60. The van der Waals surface area contributed by atoms with Gasteiger partial charge in [-0.05, 0) is 19.9 Å². The van der Waals surface area contributed by atoms with Crippen molar-refractivity contribution in [3.63, 3.8) is 0 Å². The Morgan fingerprint density at radius 3 is 2.27 bits per heavy atom. The van der Waals surface area contributed by atoms with E-state index in [-0.39, 0.29) is 0 Å². The molecule has 0 saturated heterocycles. The summed E-state index contributed by atoms with van der Waals surface area (Å²) < 4.78 is 0. The lowest BCUT2D eigenvalue weighted by Crippen LogP contribution is -2.33. The van der Waals surface area contributed by atoms with Crippen LogP contribution in [0, 0.1) is 5.92 Å². The van der Waals surface area contributed by atoms with Gasteiger partial charge in [0.2, 0.25) is 0 Å². The van der Waals surface area contributed by atoms with E-state index >= 15 is 0 Å². The van der Waals surface area contributed by atoms with Gasteiger partial charge in [-0.1, -0.05) is 31.5 Å². The molecule has 1 atom stereocenters. The Bertz CT molecular complexity index is 121. The lowest BCUT2D eigenvalue weighted by atomic mass is 10.1. The lowest BCUT2D eigenvalue weighted by molar-refractivity contribution is 0.228. The Hall–Kier alpha value is -0.0100. The molecule has 0 fully saturated rings. The third kappa shape index (κ3) is 4.44. The Kier molecular flexibility index (Phi) is 5.61. The molecule has 0 aromatic carbocycles. The van der Waals surface area contributed by atoms with Gasteiger partial charge in [0.15, 0.2) is 0 Å². The Morgan fingerprint density at radius 2 is 1.91 bits per heavy atom. The average molecular weight is 176 g/mol. The summed E-state index contributed by atoms with van der Waals surface area (Å²) in [4.78, 5) is 2.28. The Labute approximate surface area is 75.0 Å². The Morgan fingerprint density at radius 1 is 1.36 bits per heavy atom. The first-order chi connectivity index (χ1) is 5.09. The molecule has 0 saturated carbocycles. The standard InChI is InChI=1S/C9H18ClN/c1-8(2)9(3)11(4)7-5-6-10/h5-6,8-9H,7H2,1-4H3/b6-5+. The summed E-state index contributed by atoms with van der Waals surface area (Å²) in [6.45, 7) is 7.62. The fraction of sp³-hybridized carbons (Fsp3) is 0.778. The van der Waals surface area contributed by atoms with Crippen molar-refractivity contribution in [3.05, 3.63) is 11.6 Å². The summed E-state index contributed by atoms with van der Waals surface area (Å²) in [6.07, 6.45) is 1.96. The van der Waals surface area contributed by atoms with E-state index < -0.39 is 0 Å². The number of halogens is 1. The van der Waals surface area contributed by atoms with Crippen LogP contribution in [0.5, 0.6) is 0 Å². The van der Waals surface area contributed by atoms with E-state index in [2.05, 4.69) is 32.7 Å². The highest BCUT2D eigenvalue weighted by molar-refractivity contribution is 6.25. The van der Waals surface area contributed by atoms with Gasteiger partial charge < -0.3 is 0 Å². The molecule has 0 spiro atoms. The molecule has 0 N–H and O–H groups in total. The number of likely N-dealkylation sites (N-methyl/N-ethyl adjacent to an activating group) is 1. The lowest BCUT2D eigenvalue weighted by Gasteiger charge is -2.26. The molecule has 0 rings (SSSR count). The second-order valence-electron chi connectivity index (χ2n) is 3.29. The van der Waals surface area contributed by atoms with Crippen molar-refractivity contribution in [3.8, 4) is 0 Å². The quantitative estimate of drug-likeness (QED) is 0.635. The first kappa shape index (κ1) is 11.0. The predicted octanol–water partition coefficient (Wildman–Crippen LogP) is 2.72. The Balaban J connectivity index is 3.72. The smallest absolute Gasteiger partial charge is 0.0174 e. The highest BCUT2D eigenvalue weighted by Crippen LogP contribution is 2.07. The molecule has 1 unspecified atom stereocenters. The third-order valence-electron chi connectivity index (χ3n) is 2.14. The molecule has 0 aromatic rings. The van der Waals surface area contributed by atoms with Crippen LogP contribution >= 0.6 is 11.6 Å². The SMILES string of the molecule is CC(C)C(C)N(C)C/C=C/Cl. The molecule has 0 aliphatic carbocycles. The molecule has 0 aromatic heterocycles. The van der Waals surface area contributed by atoms with Crippen molar-refractivity contribution in [2.24, 2.45) is 5.92 Å². The van der Waals surface area contributed by atoms with Crippen molar-refractivity contribution < 1.29 is 0 Å². The van der Waals surface area contributed by atoms with Crippen LogP contribution in [0.25, 0.3) is 0 Å². The minimum absolute atomic E-state index is 0.614. The molecular formula is C9H18ClN. The second-order valence-corrected chi connectivity index (χ2v) is 3.54. The zero-order chi connectivity index (χ0) is 8.85. The maximum Gasteiger partial charge on any atom is 0.0174 e. The molecule has 0 heterocycles. The van der Waals surface area contributed by atoms with Crippen LogP contribution in [-0.2, 0) is 0 Å². The van der Waals surface area contributed by atoms with E-state index in [9.17, 15) is 0 Å². The number of rotatable bonds is 4. The third-order valence-corrected chi connectivity index (χ3v) is 2.32. The maximum absolute atomic E-state index is 5.42. The minimum Gasteiger partial charge on any atom is -0.300 e. The van der Waals surface area contributed by atoms with Gasteiger partial charge in [0.25, 0.3) is 0 Å². The largest absolute Gasteiger partial charge is 0.300 e. The van der Waals surface area contributed by atoms with Crippen LogP contribution in [0.4, 0.5) is 0 Å². The highest BCUT2D eigenvalue weighted by Gasteiger charge is 2.10. The average Bonchev–Trinajstić information content (AvgIpc) is 1.98. The van der Waals surface area contributed by atoms with E-state index in [0.29, 0.717) is 12.0 Å². The van der Waals surface area contributed by atoms with Gasteiger partial charge in [0, 0.05) is 18.1 Å². The molecule has 0 bridgehead atoms. The van der Waals surface area contributed by atoms with Gasteiger partial charge in [-0.2, -0.15) is 0 Å². The first-order valence-electron chi connectivity index (χ1n) is 4.05. The zero-order valence-electron chi connectivity index (χ0n) is 7.84. The molecule has 11 heavy (non-hydrogen) atoms. The van der Waals surface area contributed by atoms with Crippen molar-refractivity contribution in [2.75, 3.05) is 13.6 Å². The topological polar surface area (TPSA) is 3.24 Å². The van der Waals surface area contributed by atoms with Crippen molar-refractivity contribution in [1.82, 2.24) is 4.90 Å². The number of hydrogen-bond acceptors (Lipinski definition) is 1. The second kappa shape index (κ2) is 5.62. The maximum atomic E-state index is 5.42. The molecule has 0 aliphatic heterocycles. The summed E-state index contributed by atoms with van der Waals surface area (Å²) in [6, 6.07) is 0.614. The molecule has 1 nitrogen and oxygen atoms in total. The fourth-order valence-electron chi connectivity index (χ4n) is 0.881. The van der Waals surface area contributed by atoms with Crippen LogP contribution < -0.4 is 0 Å². The van der Waals surface area contributed by atoms with E-state index in [1.807, 2.05) is 6.08 Å². The van der Waals surface area contributed by atoms with E-state index in [0.717, 1.165) is 6.54 Å². The molecule has 66 valence electrons. The van der Waals surface area contributed by atoms with E-state index in [4.69, 9.17) is 11.6 Å². The first-order valence-corrected chi connectivity index (χ1v) is 4.48. The van der Waals surface area contributed by atoms with Crippen LogP contribution in [0.1, 0.15) is 20.8 Å². The highest BCUT2D eigenvalue weighted by atomic mass is 35.5. The summed E-state index contributed by atoms with van der Waals surface area (Å²) in [5.41, 5.74) is 1.57. The fourth-order valence-corrected chi connectivity index (χ4v) is 0.961. The van der Waals surface area contributed by atoms with Crippen molar-refractivity contribution in [2.45, 2.75) is 26.8 Å². The van der Waals surface area contributed by atoms with Gasteiger partial charge in [0.1, 0.15) is 0 Å². The van der Waals surface area contributed by atoms with Crippen molar-refractivity contribution in [1.29, 1.82) is 0 Å². The number of hydrogen-bond donors (Lipinski definition) is 0. The minimum atomic E-state index is 0.614. The van der Waals surface area contributed by atoms with E-state index in [1.165, 1.54) is 0 Å². The van der Waals surface area contributed by atoms with Gasteiger partial charge in [-0.15, -0.1) is 0 Å². The number of nitrogens with zero attached hydrogens (tertiary/aromatic N) is 1. The summed E-state index contributed by atoms with van der Waals surface area (Å²) >= 11 is 5.42. The summed E-state index contributed by atoms with van der Waals surface area (Å²) in [7, 11) is 2.11.